The lowest BCUT2D eigenvalue weighted by Crippen LogP contribution is -2.48. The van der Waals surface area contributed by atoms with Crippen LogP contribution in [0.15, 0.2) is 42.5 Å². The van der Waals surface area contributed by atoms with Gasteiger partial charge in [-0.25, -0.2) is 9.80 Å². The largest absolute Gasteiger partial charge is 0.478 e. The van der Waals surface area contributed by atoms with E-state index in [9.17, 15) is 9.59 Å². The topological polar surface area (TPSA) is 84.9 Å². The first-order chi connectivity index (χ1) is 12.6. The molecule has 0 saturated carbocycles. The van der Waals surface area contributed by atoms with E-state index in [1.165, 1.54) is 0 Å². The number of hydrogen-bond acceptors (Lipinski definition) is 5. The van der Waals surface area contributed by atoms with Gasteiger partial charge in [0.15, 0.2) is 0 Å². The minimum atomic E-state index is -0.906. The maximum Gasteiger partial charge on any atom is 0.335 e. The Kier molecular flexibility index (Phi) is 4.22. The molecule has 3 N–H and O–H groups in total. The van der Waals surface area contributed by atoms with Gasteiger partial charge in [-0.05, 0) is 48.0 Å². The number of carbonyl (C=O) groups excluding carboxylic acids is 1. The van der Waals surface area contributed by atoms with E-state index in [0.717, 1.165) is 48.8 Å². The van der Waals surface area contributed by atoms with Gasteiger partial charge in [-0.2, -0.15) is 0 Å². The number of benzene rings is 2. The van der Waals surface area contributed by atoms with Gasteiger partial charge in [0.05, 0.1) is 12.0 Å². The molecule has 1 fully saturated rings. The van der Waals surface area contributed by atoms with Crippen molar-refractivity contribution in [2.75, 3.05) is 41.8 Å². The Balaban J connectivity index is 1.34. The number of fused-ring (bicyclic) bond motifs is 1. The Morgan fingerprint density at radius 3 is 2.46 bits per heavy atom. The third-order valence-electron chi connectivity index (χ3n) is 4.78. The first kappa shape index (κ1) is 16.4. The molecule has 134 valence electrons. The van der Waals surface area contributed by atoms with E-state index in [1.54, 1.807) is 12.1 Å². The number of hydrazine groups is 1. The third kappa shape index (κ3) is 3.34. The summed E-state index contributed by atoms with van der Waals surface area (Å²) in [4.78, 5) is 24.6. The fraction of sp³-hybridized carbons (Fsp3) is 0.263. The fourth-order valence-corrected chi connectivity index (χ4v) is 3.37. The van der Waals surface area contributed by atoms with Crippen molar-refractivity contribution < 1.29 is 14.7 Å². The van der Waals surface area contributed by atoms with Gasteiger partial charge < -0.3 is 20.7 Å². The van der Waals surface area contributed by atoms with Crippen molar-refractivity contribution in [1.82, 2.24) is 5.01 Å². The monoisotopic (exact) mass is 352 g/mol. The molecule has 0 aromatic heterocycles. The molecule has 0 aliphatic carbocycles. The molecule has 2 aliphatic rings. The lowest BCUT2D eigenvalue weighted by atomic mass is 10.1. The van der Waals surface area contributed by atoms with Gasteiger partial charge in [0.2, 0.25) is 5.91 Å². The molecule has 2 aromatic carbocycles. The number of carboxylic acids is 1. The fourth-order valence-electron chi connectivity index (χ4n) is 3.37. The summed E-state index contributed by atoms with van der Waals surface area (Å²) < 4.78 is 0. The van der Waals surface area contributed by atoms with Crippen LogP contribution in [0.2, 0.25) is 0 Å². The Labute approximate surface area is 151 Å². The number of rotatable bonds is 4. The summed E-state index contributed by atoms with van der Waals surface area (Å²) in [6, 6.07) is 12.9. The SMILES string of the molecule is O=C1Cc2cc(NN3CCN(c4ccc(C(=O)O)cc4)CC3)ccc2N1. The van der Waals surface area contributed by atoms with E-state index in [4.69, 9.17) is 5.11 Å². The van der Waals surface area contributed by atoms with Crippen molar-refractivity contribution in [3.8, 4) is 0 Å². The molecular formula is C19H20N4O3. The normalized spacial score (nSPS) is 16.9. The second kappa shape index (κ2) is 6.68. The molecule has 0 radical (unpaired) electrons. The zero-order valence-corrected chi connectivity index (χ0v) is 14.2. The van der Waals surface area contributed by atoms with Crippen LogP contribution >= 0.6 is 0 Å². The summed E-state index contributed by atoms with van der Waals surface area (Å²) >= 11 is 0. The van der Waals surface area contributed by atoms with Crippen molar-refractivity contribution in [2.24, 2.45) is 0 Å². The minimum absolute atomic E-state index is 0.0414. The number of anilines is 3. The first-order valence-corrected chi connectivity index (χ1v) is 8.61. The number of carboxylic acid groups (broad SMARTS) is 1. The van der Waals surface area contributed by atoms with Crippen molar-refractivity contribution in [3.63, 3.8) is 0 Å². The van der Waals surface area contributed by atoms with Gasteiger partial charge in [-0.3, -0.25) is 4.79 Å². The number of aromatic carboxylic acids is 1. The van der Waals surface area contributed by atoms with Crippen molar-refractivity contribution in [1.29, 1.82) is 0 Å². The summed E-state index contributed by atoms with van der Waals surface area (Å²) in [7, 11) is 0. The van der Waals surface area contributed by atoms with Crippen LogP contribution in [0.25, 0.3) is 0 Å². The van der Waals surface area contributed by atoms with Gasteiger partial charge in [-0.1, -0.05) is 0 Å². The van der Waals surface area contributed by atoms with Crippen LogP contribution in [-0.4, -0.2) is 48.2 Å². The summed E-state index contributed by atoms with van der Waals surface area (Å²) in [6.45, 7) is 3.39. The maximum absolute atomic E-state index is 11.5. The predicted octanol–water partition coefficient (Wildman–Crippen LogP) is 2.03. The molecule has 7 heteroatoms. The number of nitrogens with one attached hydrogen (secondary N) is 2. The van der Waals surface area contributed by atoms with Crippen LogP contribution in [0, 0.1) is 0 Å². The number of amides is 1. The lowest BCUT2D eigenvalue weighted by molar-refractivity contribution is -0.115. The highest BCUT2D eigenvalue weighted by Gasteiger charge is 2.20. The molecule has 2 aliphatic heterocycles. The summed E-state index contributed by atoms with van der Waals surface area (Å²) in [5, 5.41) is 14.0. The van der Waals surface area contributed by atoms with Crippen LogP contribution < -0.4 is 15.6 Å². The van der Waals surface area contributed by atoms with E-state index >= 15 is 0 Å². The van der Waals surface area contributed by atoms with Gasteiger partial charge in [0.25, 0.3) is 0 Å². The zero-order chi connectivity index (χ0) is 18.1. The quantitative estimate of drug-likeness (QED) is 0.781. The van der Waals surface area contributed by atoms with Crippen LogP contribution in [0.5, 0.6) is 0 Å². The molecule has 26 heavy (non-hydrogen) atoms. The van der Waals surface area contributed by atoms with E-state index in [1.807, 2.05) is 30.3 Å². The molecule has 0 atom stereocenters. The maximum atomic E-state index is 11.5. The Morgan fingerprint density at radius 1 is 1.04 bits per heavy atom. The summed E-state index contributed by atoms with van der Waals surface area (Å²) in [5.74, 6) is -0.864. The Bertz CT molecular complexity index is 842. The van der Waals surface area contributed by atoms with Gasteiger partial charge in [0, 0.05) is 43.2 Å². The second-order valence-electron chi connectivity index (χ2n) is 6.53. The second-order valence-corrected chi connectivity index (χ2v) is 6.53. The van der Waals surface area contributed by atoms with E-state index in [-0.39, 0.29) is 5.91 Å². The number of piperazine rings is 1. The lowest BCUT2D eigenvalue weighted by Gasteiger charge is -2.36. The smallest absolute Gasteiger partial charge is 0.335 e. The van der Waals surface area contributed by atoms with Gasteiger partial charge in [0.1, 0.15) is 0 Å². The molecule has 4 rings (SSSR count). The van der Waals surface area contributed by atoms with Crippen LogP contribution in [0.1, 0.15) is 15.9 Å². The van der Waals surface area contributed by atoms with Crippen LogP contribution in [-0.2, 0) is 11.2 Å². The predicted molar refractivity (Wildman–Crippen MR) is 99.6 cm³/mol. The molecule has 1 saturated heterocycles. The van der Waals surface area contributed by atoms with Crippen molar-refractivity contribution in [2.45, 2.75) is 6.42 Å². The molecule has 7 nitrogen and oxygen atoms in total. The van der Waals surface area contributed by atoms with E-state index in [0.29, 0.717) is 12.0 Å². The van der Waals surface area contributed by atoms with Gasteiger partial charge in [-0.15, -0.1) is 0 Å². The summed E-state index contributed by atoms with van der Waals surface area (Å²) in [6.07, 6.45) is 0.435. The standard InChI is InChI=1S/C19H20N4O3/c24-18-12-14-11-15(3-6-17(14)20-18)21-23-9-7-22(8-10-23)16-4-1-13(2-5-16)19(25)26/h1-6,11,21H,7-10,12H2,(H,20,24)(H,25,26). The Hall–Kier alpha value is -3.06. The number of hydrogen-bond donors (Lipinski definition) is 3. The van der Waals surface area contributed by atoms with Crippen molar-refractivity contribution in [3.05, 3.63) is 53.6 Å². The molecular weight excluding hydrogens is 332 g/mol. The molecule has 2 heterocycles. The molecule has 0 bridgehead atoms. The van der Waals surface area contributed by atoms with E-state index in [2.05, 4.69) is 20.7 Å². The average molecular weight is 352 g/mol. The average Bonchev–Trinajstić information content (AvgIpc) is 3.02. The van der Waals surface area contributed by atoms with E-state index < -0.39 is 5.97 Å². The molecule has 1 amide bonds. The third-order valence-corrected chi connectivity index (χ3v) is 4.78. The van der Waals surface area contributed by atoms with Crippen molar-refractivity contribution >= 4 is 28.9 Å². The number of carbonyl (C=O) groups is 2. The van der Waals surface area contributed by atoms with Gasteiger partial charge >= 0.3 is 5.97 Å². The highest BCUT2D eigenvalue weighted by atomic mass is 16.4. The summed E-state index contributed by atoms with van der Waals surface area (Å²) in [5.41, 5.74) is 7.66. The number of nitrogens with zero attached hydrogens (tertiary/aromatic N) is 2. The van der Waals surface area contributed by atoms with Crippen LogP contribution in [0.4, 0.5) is 17.1 Å². The highest BCUT2D eigenvalue weighted by Crippen LogP contribution is 2.26. The molecule has 0 unspecified atom stereocenters. The molecule has 2 aromatic rings. The Morgan fingerprint density at radius 2 is 1.77 bits per heavy atom. The first-order valence-electron chi connectivity index (χ1n) is 8.61. The zero-order valence-electron chi connectivity index (χ0n) is 14.2. The highest BCUT2D eigenvalue weighted by molar-refractivity contribution is 5.99. The minimum Gasteiger partial charge on any atom is -0.478 e. The van der Waals surface area contributed by atoms with Crippen LogP contribution in [0.3, 0.4) is 0 Å². The molecule has 0 spiro atoms.